The van der Waals surface area contributed by atoms with Crippen LogP contribution < -0.4 is 11.5 Å². The van der Waals surface area contributed by atoms with E-state index in [-0.39, 0.29) is 13.2 Å². The zero-order chi connectivity index (χ0) is 15.9. The van der Waals surface area contributed by atoms with Crippen LogP contribution in [0, 0.1) is 0 Å². The summed E-state index contributed by atoms with van der Waals surface area (Å²) in [4.78, 5) is 23.0. The molecule has 1 rings (SSSR count). The number of benzene rings is 1. The zero-order valence-electron chi connectivity index (χ0n) is 12.4. The molecule has 0 aliphatic rings. The van der Waals surface area contributed by atoms with Crippen molar-refractivity contribution in [2.24, 2.45) is 11.5 Å². The molecule has 1 aromatic rings. The molecule has 116 valence electrons. The van der Waals surface area contributed by atoms with Crippen LogP contribution in [0.4, 0.5) is 0 Å². The summed E-state index contributed by atoms with van der Waals surface area (Å²) in [6, 6.07) is 8.66. The third kappa shape index (κ3) is 6.37. The molecular weight excluding hydrogens is 272 g/mol. The molecule has 6 heteroatoms. The van der Waals surface area contributed by atoms with Crippen molar-refractivity contribution in [3.05, 3.63) is 35.9 Å². The van der Waals surface area contributed by atoms with Gasteiger partial charge in [0.05, 0.1) is 6.54 Å². The normalized spacial score (nSPS) is 12.6. The highest BCUT2D eigenvalue weighted by atomic mass is 16.6. The fraction of sp³-hybridized carbons (Fsp3) is 0.467. The van der Waals surface area contributed by atoms with E-state index in [0.717, 1.165) is 5.56 Å². The number of hydrogen-bond acceptors (Lipinski definition) is 6. The number of nitrogens with two attached hydrogens (primary N) is 2. The fourth-order valence-corrected chi connectivity index (χ4v) is 1.64. The first-order chi connectivity index (χ1) is 9.84. The molecule has 0 bridgehead atoms. The van der Waals surface area contributed by atoms with Crippen LogP contribution >= 0.6 is 0 Å². The molecule has 0 heterocycles. The van der Waals surface area contributed by atoms with E-state index in [0.29, 0.717) is 6.42 Å². The van der Waals surface area contributed by atoms with Gasteiger partial charge < -0.3 is 20.9 Å². The van der Waals surface area contributed by atoms with Gasteiger partial charge in [-0.3, -0.25) is 9.59 Å². The van der Waals surface area contributed by atoms with Crippen LogP contribution in [0.5, 0.6) is 0 Å². The Balaban J connectivity index is 2.49. The Kier molecular flexibility index (Phi) is 6.33. The standard InChI is InChI=1S/C15H22N2O4/c1-15(2,10-20-13(18)9-16)21-14(19)12(17)8-11-6-4-3-5-7-11/h3-7,12H,8-10,16-17H2,1-2H3. The highest BCUT2D eigenvalue weighted by molar-refractivity contribution is 5.76. The highest BCUT2D eigenvalue weighted by Gasteiger charge is 2.28. The van der Waals surface area contributed by atoms with Crippen molar-refractivity contribution < 1.29 is 19.1 Å². The molecule has 0 aliphatic carbocycles. The van der Waals surface area contributed by atoms with Gasteiger partial charge in [0.25, 0.3) is 0 Å². The Morgan fingerprint density at radius 1 is 1.24 bits per heavy atom. The Morgan fingerprint density at radius 2 is 1.86 bits per heavy atom. The summed E-state index contributed by atoms with van der Waals surface area (Å²) < 4.78 is 10.2. The van der Waals surface area contributed by atoms with Gasteiger partial charge in [-0.1, -0.05) is 30.3 Å². The van der Waals surface area contributed by atoms with Crippen molar-refractivity contribution in [2.75, 3.05) is 13.2 Å². The van der Waals surface area contributed by atoms with Crippen molar-refractivity contribution in [1.29, 1.82) is 0 Å². The van der Waals surface area contributed by atoms with E-state index in [2.05, 4.69) is 0 Å². The lowest BCUT2D eigenvalue weighted by molar-refractivity contribution is -0.169. The van der Waals surface area contributed by atoms with Crippen molar-refractivity contribution in [3.8, 4) is 0 Å². The smallest absolute Gasteiger partial charge is 0.323 e. The van der Waals surface area contributed by atoms with E-state index >= 15 is 0 Å². The van der Waals surface area contributed by atoms with E-state index < -0.39 is 23.6 Å². The number of carbonyl (C=O) groups is 2. The number of hydrogen-bond donors (Lipinski definition) is 2. The van der Waals surface area contributed by atoms with Crippen molar-refractivity contribution >= 4 is 11.9 Å². The average molecular weight is 294 g/mol. The first-order valence-corrected chi connectivity index (χ1v) is 6.72. The molecule has 1 unspecified atom stereocenters. The lowest BCUT2D eigenvalue weighted by atomic mass is 10.1. The SMILES string of the molecule is CC(C)(COC(=O)CN)OC(=O)C(N)Cc1ccccc1. The van der Waals surface area contributed by atoms with E-state index in [9.17, 15) is 9.59 Å². The molecule has 0 saturated heterocycles. The number of carbonyl (C=O) groups excluding carboxylic acids is 2. The van der Waals surface area contributed by atoms with Gasteiger partial charge in [-0.25, -0.2) is 0 Å². The molecule has 1 atom stereocenters. The Hall–Kier alpha value is -1.92. The second kappa shape index (κ2) is 7.75. The molecule has 0 spiro atoms. The second-order valence-corrected chi connectivity index (χ2v) is 5.34. The minimum atomic E-state index is -0.948. The minimum absolute atomic E-state index is 0.0627. The Bertz CT molecular complexity index is 474. The maximum absolute atomic E-state index is 12.0. The molecule has 6 nitrogen and oxygen atoms in total. The number of esters is 2. The van der Waals surface area contributed by atoms with Gasteiger partial charge >= 0.3 is 11.9 Å². The van der Waals surface area contributed by atoms with Gasteiger partial charge in [-0.05, 0) is 25.8 Å². The van der Waals surface area contributed by atoms with Gasteiger partial charge in [0.1, 0.15) is 18.2 Å². The maximum atomic E-state index is 12.0. The van der Waals surface area contributed by atoms with E-state index in [1.807, 2.05) is 30.3 Å². The predicted molar refractivity (Wildman–Crippen MR) is 78.3 cm³/mol. The van der Waals surface area contributed by atoms with Crippen LogP contribution in [-0.4, -0.2) is 36.7 Å². The van der Waals surface area contributed by atoms with Crippen LogP contribution in [0.3, 0.4) is 0 Å². The monoisotopic (exact) mass is 294 g/mol. The summed E-state index contributed by atoms with van der Waals surface area (Å²) in [5.41, 5.74) is 11.0. The van der Waals surface area contributed by atoms with Crippen LogP contribution in [0.2, 0.25) is 0 Å². The number of rotatable bonds is 7. The van der Waals surface area contributed by atoms with Crippen LogP contribution in [0.25, 0.3) is 0 Å². The molecule has 0 aromatic heterocycles. The van der Waals surface area contributed by atoms with Crippen LogP contribution in [0.1, 0.15) is 19.4 Å². The second-order valence-electron chi connectivity index (χ2n) is 5.34. The topological polar surface area (TPSA) is 105 Å². The van der Waals surface area contributed by atoms with E-state index in [1.165, 1.54) is 0 Å². The fourth-order valence-electron chi connectivity index (χ4n) is 1.64. The summed E-state index contributed by atoms with van der Waals surface area (Å²) in [5, 5.41) is 0. The zero-order valence-corrected chi connectivity index (χ0v) is 12.4. The summed E-state index contributed by atoms with van der Waals surface area (Å²) in [7, 11) is 0. The van der Waals surface area contributed by atoms with Crippen LogP contribution in [-0.2, 0) is 25.5 Å². The molecule has 0 saturated carbocycles. The van der Waals surface area contributed by atoms with Gasteiger partial charge in [0.15, 0.2) is 0 Å². The van der Waals surface area contributed by atoms with Crippen molar-refractivity contribution in [1.82, 2.24) is 0 Å². The molecule has 4 N–H and O–H groups in total. The summed E-state index contributed by atoms with van der Waals surface area (Å²) in [6.07, 6.45) is 0.387. The largest absolute Gasteiger partial charge is 0.461 e. The van der Waals surface area contributed by atoms with Gasteiger partial charge in [-0.15, -0.1) is 0 Å². The lowest BCUT2D eigenvalue weighted by Crippen LogP contribution is -2.42. The summed E-state index contributed by atoms with van der Waals surface area (Å²) in [6.45, 7) is 3.01. The van der Waals surface area contributed by atoms with Gasteiger partial charge in [-0.2, -0.15) is 0 Å². The van der Waals surface area contributed by atoms with Gasteiger partial charge in [0.2, 0.25) is 0 Å². The molecule has 0 amide bonds. The minimum Gasteiger partial charge on any atom is -0.461 e. The first-order valence-electron chi connectivity index (χ1n) is 6.72. The maximum Gasteiger partial charge on any atom is 0.323 e. The quantitative estimate of drug-likeness (QED) is 0.704. The average Bonchev–Trinajstić information content (AvgIpc) is 2.45. The first kappa shape index (κ1) is 17.1. The third-order valence-corrected chi connectivity index (χ3v) is 2.73. The Labute approximate surface area is 124 Å². The van der Waals surface area contributed by atoms with Crippen LogP contribution in [0.15, 0.2) is 30.3 Å². The lowest BCUT2D eigenvalue weighted by Gasteiger charge is -2.26. The highest BCUT2D eigenvalue weighted by Crippen LogP contribution is 2.12. The van der Waals surface area contributed by atoms with E-state index in [1.54, 1.807) is 13.8 Å². The summed E-state index contributed by atoms with van der Waals surface area (Å²) in [5.74, 6) is -1.08. The Morgan fingerprint density at radius 3 is 2.43 bits per heavy atom. The van der Waals surface area contributed by atoms with Gasteiger partial charge in [0, 0.05) is 0 Å². The molecule has 0 radical (unpaired) electrons. The van der Waals surface area contributed by atoms with Crippen molar-refractivity contribution in [3.63, 3.8) is 0 Å². The molecule has 1 aromatic carbocycles. The molecule has 0 fully saturated rings. The number of ether oxygens (including phenoxy) is 2. The molecule has 0 aliphatic heterocycles. The predicted octanol–water partition coefficient (Wildman–Crippen LogP) is 0.380. The molecule has 21 heavy (non-hydrogen) atoms. The molecular formula is C15H22N2O4. The summed E-state index contributed by atoms with van der Waals surface area (Å²) >= 11 is 0. The third-order valence-electron chi connectivity index (χ3n) is 2.73. The van der Waals surface area contributed by atoms with E-state index in [4.69, 9.17) is 20.9 Å². The van der Waals surface area contributed by atoms with Crippen molar-refractivity contribution in [2.45, 2.75) is 31.9 Å².